The molecule has 7 nitrogen and oxygen atoms in total. The van der Waals surface area contributed by atoms with Crippen molar-refractivity contribution in [2.75, 3.05) is 0 Å². The molecule has 0 spiro atoms. The van der Waals surface area contributed by atoms with Crippen LogP contribution < -0.4 is 10.8 Å². The van der Waals surface area contributed by atoms with Crippen molar-refractivity contribution in [3.05, 3.63) is 35.7 Å². The van der Waals surface area contributed by atoms with Gasteiger partial charge in [0.2, 0.25) is 0 Å². The Balaban J connectivity index is 1.92. The fourth-order valence-electron chi connectivity index (χ4n) is 2.10. The second kappa shape index (κ2) is 6.47. The van der Waals surface area contributed by atoms with Crippen molar-refractivity contribution in [3.63, 3.8) is 0 Å². The number of nitrogens with zero attached hydrogens (tertiary/aromatic N) is 1. The van der Waals surface area contributed by atoms with Gasteiger partial charge in [-0.1, -0.05) is 6.07 Å². The van der Waals surface area contributed by atoms with E-state index in [4.69, 9.17) is 5.21 Å². The van der Waals surface area contributed by atoms with E-state index in [0.29, 0.717) is 24.9 Å². The summed E-state index contributed by atoms with van der Waals surface area (Å²) >= 11 is 0. The van der Waals surface area contributed by atoms with E-state index in [1.165, 1.54) is 17.6 Å². The smallest absolute Gasteiger partial charge is 0.323 e. The Bertz CT molecular complexity index is 550. The van der Waals surface area contributed by atoms with Gasteiger partial charge in [0.15, 0.2) is 0 Å². The highest BCUT2D eigenvalue weighted by atomic mass is 16.5. The predicted octanol–water partition coefficient (Wildman–Crippen LogP) is 0.697. The van der Waals surface area contributed by atoms with E-state index in [2.05, 4.69) is 10.3 Å². The Morgan fingerprint density at radius 3 is 2.62 bits per heavy atom. The maximum Gasteiger partial charge on any atom is 0.323 e. The molecule has 112 valence electrons. The first-order chi connectivity index (χ1) is 10.1. The summed E-state index contributed by atoms with van der Waals surface area (Å²) in [5.74, 6) is -1.43. The molecule has 7 heteroatoms. The number of aromatic nitrogens is 1. The summed E-state index contributed by atoms with van der Waals surface area (Å²) in [5, 5.41) is 20.6. The van der Waals surface area contributed by atoms with Gasteiger partial charge in [0.05, 0.1) is 5.69 Å². The van der Waals surface area contributed by atoms with Gasteiger partial charge in [-0.15, -0.1) is 0 Å². The lowest BCUT2D eigenvalue weighted by atomic mass is 9.77. The van der Waals surface area contributed by atoms with Gasteiger partial charge in [-0.2, -0.15) is 0 Å². The lowest BCUT2D eigenvalue weighted by Gasteiger charge is -2.38. The van der Waals surface area contributed by atoms with Crippen LogP contribution in [-0.4, -0.2) is 32.7 Å². The Morgan fingerprint density at radius 2 is 2.14 bits per heavy atom. The molecule has 4 N–H and O–H groups in total. The van der Waals surface area contributed by atoms with Gasteiger partial charge in [-0.3, -0.25) is 25.1 Å². The highest BCUT2D eigenvalue weighted by Crippen LogP contribution is 2.32. The number of carboxylic acids is 1. The Kier molecular flexibility index (Phi) is 4.66. The summed E-state index contributed by atoms with van der Waals surface area (Å²) in [6.07, 6.45) is 6.47. The highest BCUT2D eigenvalue weighted by Gasteiger charge is 2.43. The van der Waals surface area contributed by atoms with Crippen LogP contribution in [0.25, 0.3) is 6.08 Å². The van der Waals surface area contributed by atoms with Crippen LogP contribution in [0.15, 0.2) is 24.4 Å². The molecule has 1 fully saturated rings. The first kappa shape index (κ1) is 15.1. The molecule has 1 aliphatic carbocycles. The molecule has 0 atom stereocenters. The van der Waals surface area contributed by atoms with Crippen molar-refractivity contribution in [3.8, 4) is 0 Å². The normalized spacial score (nSPS) is 16.4. The lowest BCUT2D eigenvalue weighted by molar-refractivity contribution is -0.148. The molecule has 0 bridgehead atoms. The number of aliphatic carboxylic acids is 1. The van der Waals surface area contributed by atoms with E-state index in [9.17, 15) is 14.7 Å². The first-order valence-electron chi connectivity index (χ1n) is 6.61. The molecule has 0 saturated heterocycles. The summed E-state index contributed by atoms with van der Waals surface area (Å²) in [7, 11) is 0. The average molecular weight is 291 g/mol. The van der Waals surface area contributed by atoms with Crippen LogP contribution in [0.5, 0.6) is 0 Å². The first-order valence-corrected chi connectivity index (χ1v) is 6.61. The zero-order chi connectivity index (χ0) is 15.3. The molecule has 1 heterocycles. The van der Waals surface area contributed by atoms with Crippen molar-refractivity contribution in [2.45, 2.75) is 31.3 Å². The quantitative estimate of drug-likeness (QED) is 0.349. The van der Waals surface area contributed by atoms with E-state index in [-0.39, 0.29) is 0 Å². The van der Waals surface area contributed by atoms with E-state index < -0.39 is 17.4 Å². The average Bonchev–Trinajstić information content (AvgIpc) is 2.44. The number of hydroxylamine groups is 1. The molecule has 0 unspecified atom stereocenters. The van der Waals surface area contributed by atoms with Gasteiger partial charge in [-0.05, 0) is 37.0 Å². The monoisotopic (exact) mass is 291 g/mol. The van der Waals surface area contributed by atoms with Crippen LogP contribution in [0, 0.1) is 0 Å². The molecule has 1 aliphatic rings. The molecule has 21 heavy (non-hydrogen) atoms. The Hall–Kier alpha value is -2.25. The largest absolute Gasteiger partial charge is 0.480 e. The molecule has 1 saturated carbocycles. The Morgan fingerprint density at radius 1 is 1.38 bits per heavy atom. The van der Waals surface area contributed by atoms with E-state index in [1.54, 1.807) is 18.3 Å². The predicted molar refractivity (Wildman–Crippen MR) is 74.3 cm³/mol. The number of rotatable bonds is 6. The minimum Gasteiger partial charge on any atom is -0.480 e. The number of pyridine rings is 1. The van der Waals surface area contributed by atoms with Crippen LogP contribution in [0.2, 0.25) is 0 Å². The fraction of sp³-hybridized carbons (Fsp3) is 0.357. The summed E-state index contributed by atoms with van der Waals surface area (Å²) in [4.78, 5) is 26.2. The third-order valence-electron chi connectivity index (χ3n) is 3.61. The van der Waals surface area contributed by atoms with Crippen molar-refractivity contribution >= 4 is 18.0 Å². The number of carbonyl (C=O) groups excluding carboxylic acids is 1. The maximum atomic E-state index is 11.2. The zero-order valence-corrected chi connectivity index (χ0v) is 11.4. The molecule has 1 aromatic rings. The number of carbonyl (C=O) groups is 2. The molecule has 1 aromatic heterocycles. The van der Waals surface area contributed by atoms with Crippen LogP contribution in [0.4, 0.5) is 0 Å². The maximum absolute atomic E-state index is 11.2. The van der Waals surface area contributed by atoms with Crippen molar-refractivity contribution < 1.29 is 19.9 Å². The number of hydrogen-bond acceptors (Lipinski definition) is 5. The topological polar surface area (TPSA) is 112 Å². The minimum absolute atomic E-state index is 0.382. The SMILES string of the molecule is O=C(/C=C/c1ccc(CNC2(C(=O)O)CCC2)nc1)NO. The number of amides is 1. The van der Waals surface area contributed by atoms with Gasteiger partial charge < -0.3 is 5.11 Å². The van der Waals surface area contributed by atoms with Crippen molar-refractivity contribution in [2.24, 2.45) is 0 Å². The second-order valence-corrected chi connectivity index (χ2v) is 4.99. The van der Waals surface area contributed by atoms with Gasteiger partial charge >= 0.3 is 5.97 Å². The minimum atomic E-state index is -0.816. The summed E-state index contributed by atoms with van der Waals surface area (Å²) in [6.45, 7) is 0.382. The lowest BCUT2D eigenvalue weighted by Crippen LogP contribution is -2.56. The summed E-state index contributed by atoms with van der Waals surface area (Å²) in [5.41, 5.74) is 2.12. The standard InChI is InChI=1S/C14H17N3O4/c18-12(17-21)5-3-10-2-4-11(15-8-10)9-16-14(13(19)20)6-1-7-14/h2-5,8,16,21H,1,6-7,9H2,(H,17,18)(H,19,20)/b5-3+. The van der Waals surface area contributed by atoms with Gasteiger partial charge in [-0.25, -0.2) is 5.48 Å². The number of hydrogen-bond donors (Lipinski definition) is 4. The van der Waals surface area contributed by atoms with Crippen LogP contribution in [0.3, 0.4) is 0 Å². The van der Waals surface area contributed by atoms with Crippen molar-refractivity contribution in [1.29, 1.82) is 0 Å². The zero-order valence-electron chi connectivity index (χ0n) is 11.4. The molecule has 0 aliphatic heterocycles. The van der Waals surface area contributed by atoms with E-state index in [1.807, 2.05) is 0 Å². The van der Waals surface area contributed by atoms with Crippen molar-refractivity contribution in [1.82, 2.24) is 15.8 Å². The second-order valence-electron chi connectivity index (χ2n) is 4.99. The third kappa shape index (κ3) is 3.65. The van der Waals surface area contributed by atoms with Gasteiger partial charge in [0, 0.05) is 18.8 Å². The number of nitrogens with one attached hydrogen (secondary N) is 2. The molecule has 2 rings (SSSR count). The van der Waals surface area contributed by atoms with Gasteiger partial charge in [0.25, 0.3) is 5.91 Å². The third-order valence-corrected chi connectivity index (χ3v) is 3.61. The molecule has 0 radical (unpaired) electrons. The summed E-state index contributed by atoms with van der Waals surface area (Å²) in [6, 6.07) is 3.52. The van der Waals surface area contributed by atoms with Gasteiger partial charge in [0.1, 0.15) is 5.54 Å². The fourth-order valence-corrected chi connectivity index (χ4v) is 2.10. The molecule has 0 aromatic carbocycles. The van der Waals surface area contributed by atoms with Crippen LogP contribution in [-0.2, 0) is 16.1 Å². The van der Waals surface area contributed by atoms with E-state index in [0.717, 1.165) is 12.1 Å². The summed E-state index contributed by atoms with van der Waals surface area (Å²) < 4.78 is 0. The van der Waals surface area contributed by atoms with Crippen LogP contribution >= 0.6 is 0 Å². The highest BCUT2D eigenvalue weighted by molar-refractivity contribution is 5.90. The molecular formula is C14H17N3O4. The Labute approximate surface area is 121 Å². The molecular weight excluding hydrogens is 274 g/mol. The van der Waals surface area contributed by atoms with Crippen LogP contribution in [0.1, 0.15) is 30.5 Å². The number of carboxylic acid groups (broad SMARTS) is 1. The molecule has 1 amide bonds. The van der Waals surface area contributed by atoms with E-state index >= 15 is 0 Å².